The second-order valence-electron chi connectivity index (χ2n) is 4.52. The fraction of sp³-hybridized carbons (Fsp3) is 0.500. The van der Waals surface area contributed by atoms with Crippen molar-refractivity contribution in [3.8, 4) is 0 Å². The van der Waals surface area contributed by atoms with Crippen molar-refractivity contribution in [2.45, 2.75) is 19.8 Å². The molecule has 17 heavy (non-hydrogen) atoms. The molecule has 5 heteroatoms. The summed E-state index contributed by atoms with van der Waals surface area (Å²) < 4.78 is 0. The first-order valence-electron chi connectivity index (χ1n) is 5.78. The van der Waals surface area contributed by atoms with E-state index in [4.69, 9.17) is 10.8 Å². The average Bonchev–Trinajstić information content (AvgIpc) is 2.33. The van der Waals surface area contributed by atoms with Gasteiger partial charge < -0.3 is 15.7 Å². The Morgan fingerprint density at radius 2 is 2.41 bits per heavy atom. The molecule has 1 aliphatic heterocycles. The number of aliphatic carboxylic acids is 1. The second kappa shape index (κ2) is 4.61. The van der Waals surface area contributed by atoms with Gasteiger partial charge in [0.2, 0.25) is 0 Å². The van der Waals surface area contributed by atoms with Crippen molar-refractivity contribution in [3.05, 3.63) is 17.8 Å². The summed E-state index contributed by atoms with van der Waals surface area (Å²) in [6.45, 7) is 3.32. The maximum absolute atomic E-state index is 11.0. The lowest BCUT2D eigenvalue weighted by Crippen LogP contribution is -2.39. The number of piperidine rings is 1. The predicted molar refractivity (Wildman–Crippen MR) is 66.0 cm³/mol. The van der Waals surface area contributed by atoms with Gasteiger partial charge in [-0.2, -0.15) is 0 Å². The van der Waals surface area contributed by atoms with Gasteiger partial charge in [0.15, 0.2) is 0 Å². The first-order chi connectivity index (χ1) is 8.08. The number of aryl methyl sites for hydroxylation is 1. The molecule has 0 bridgehead atoms. The second-order valence-corrected chi connectivity index (χ2v) is 4.52. The van der Waals surface area contributed by atoms with E-state index < -0.39 is 5.97 Å². The Bertz CT molecular complexity index is 434. The van der Waals surface area contributed by atoms with Crippen molar-refractivity contribution >= 4 is 17.5 Å². The maximum atomic E-state index is 11.0. The lowest BCUT2D eigenvalue weighted by Gasteiger charge is -2.31. The first-order valence-corrected chi connectivity index (χ1v) is 5.78. The van der Waals surface area contributed by atoms with E-state index in [9.17, 15) is 4.79 Å². The molecule has 1 aliphatic rings. The lowest BCUT2D eigenvalue weighted by molar-refractivity contribution is -0.141. The molecule has 2 heterocycles. The van der Waals surface area contributed by atoms with E-state index >= 15 is 0 Å². The van der Waals surface area contributed by atoms with Crippen LogP contribution in [0.2, 0.25) is 0 Å². The number of nitrogens with zero attached hydrogens (tertiary/aromatic N) is 2. The minimum atomic E-state index is -0.720. The summed E-state index contributed by atoms with van der Waals surface area (Å²) >= 11 is 0. The minimum Gasteiger partial charge on any atom is -0.481 e. The summed E-state index contributed by atoms with van der Waals surface area (Å²) in [5.41, 5.74) is 7.36. The molecule has 2 rings (SSSR count). The zero-order chi connectivity index (χ0) is 12.4. The van der Waals surface area contributed by atoms with Gasteiger partial charge in [0.1, 0.15) is 5.82 Å². The Kier molecular flexibility index (Phi) is 3.17. The molecule has 0 spiro atoms. The number of nitrogens with two attached hydrogens (primary N) is 1. The minimum absolute atomic E-state index is 0.289. The zero-order valence-electron chi connectivity index (χ0n) is 9.89. The van der Waals surface area contributed by atoms with E-state index in [-0.39, 0.29) is 5.92 Å². The molecular weight excluding hydrogens is 218 g/mol. The average molecular weight is 235 g/mol. The maximum Gasteiger partial charge on any atom is 0.308 e. The Hall–Kier alpha value is -1.78. The number of carboxylic acids is 1. The third-order valence-corrected chi connectivity index (χ3v) is 3.23. The summed E-state index contributed by atoms with van der Waals surface area (Å²) in [5, 5.41) is 9.03. The van der Waals surface area contributed by atoms with E-state index in [1.165, 1.54) is 0 Å². The van der Waals surface area contributed by atoms with Crippen LogP contribution in [0.15, 0.2) is 12.3 Å². The molecule has 0 radical (unpaired) electrons. The molecule has 92 valence electrons. The molecule has 0 aliphatic carbocycles. The van der Waals surface area contributed by atoms with Crippen LogP contribution in [0.1, 0.15) is 18.4 Å². The van der Waals surface area contributed by atoms with Gasteiger partial charge >= 0.3 is 5.97 Å². The van der Waals surface area contributed by atoms with Crippen LogP contribution in [0.25, 0.3) is 0 Å². The summed E-state index contributed by atoms with van der Waals surface area (Å²) in [4.78, 5) is 17.3. The molecular formula is C12H17N3O2. The topological polar surface area (TPSA) is 79.5 Å². The molecule has 1 aromatic rings. The zero-order valence-corrected chi connectivity index (χ0v) is 9.89. The van der Waals surface area contributed by atoms with Crippen molar-refractivity contribution in [1.29, 1.82) is 0 Å². The number of carboxylic acid groups (broad SMARTS) is 1. The summed E-state index contributed by atoms with van der Waals surface area (Å²) in [7, 11) is 0. The van der Waals surface area contributed by atoms with Crippen LogP contribution in [0.4, 0.5) is 11.5 Å². The molecule has 1 aromatic heterocycles. The number of hydrogen-bond donors (Lipinski definition) is 2. The third-order valence-electron chi connectivity index (χ3n) is 3.23. The summed E-state index contributed by atoms with van der Waals surface area (Å²) in [6, 6.07) is 1.92. The van der Waals surface area contributed by atoms with E-state index in [1.54, 1.807) is 6.20 Å². The molecule has 1 fully saturated rings. The van der Waals surface area contributed by atoms with Crippen molar-refractivity contribution in [3.63, 3.8) is 0 Å². The van der Waals surface area contributed by atoms with Gasteiger partial charge in [0, 0.05) is 13.1 Å². The fourth-order valence-corrected chi connectivity index (χ4v) is 2.11. The lowest BCUT2D eigenvalue weighted by atomic mass is 9.98. The van der Waals surface area contributed by atoms with Gasteiger partial charge in [-0.25, -0.2) is 4.98 Å². The number of hydrogen-bond acceptors (Lipinski definition) is 4. The van der Waals surface area contributed by atoms with Crippen molar-refractivity contribution < 1.29 is 9.90 Å². The van der Waals surface area contributed by atoms with Crippen molar-refractivity contribution in [2.75, 3.05) is 23.7 Å². The summed E-state index contributed by atoms with van der Waals surface area (Å²) in [6.07, 6.45) is 3.27. The predicted octanol–water partition coefficient (Wildman–Crippen LogP) is 1.27. The summed E-state index contributed by atoms with van der Waals surface area (Å²) in [5.74, 6) is -0.187. The molecule has 0 amide bonds. The highest BCUT2D eigenvalue weighted by atomic mass is 16.4. The van der Waals surface area contributed by atoms with E-state index in [0.29, 0.717) is 12.2 Å². The molecule has 3 N–H and O–H groups in total. The molecule has 5 nitrogen and oxygen atoms in total. The standard InChI is InChI=1S/C12H17N3O2/c1-8-5-11(14-6-10(8)13)15-4-2-3-9(7-15)12(16)17/h5-6,9H,2-4,7,13H2,1H3,(H,16,17). The highest BCUT2D eigenvalue weighted by Crippen LogP contribution is 2.23. The molecule has 0 aromatic carbocycles. The van der Waals surface area contributed by atoms with E-state index in [2.05, 4.69) is 4.98 Å². The van der Waals surface area contributed by atoms with Gasteiger partial charge in [-0.3, -0.25) is 4.79 Å². The molecule has 1 saturated heterocycles. The van der Waals surface area contributed by atoms with Crippen LogP contribution in [0.5, 0.6) is 0 Å². The SMILES string of the molecule is Cc1cc(N2CCCC(C(=O)O)C2)ncc1N. The largest absolute Gasteiger partial charge is 0.481 e. The Morgan fingerprint density at radius 3 is 3.06 bits per heavy atom. The number of rotatable bonds is 2. The third kappa shape index (κ3) is 2.49. The molecule has 0 saturated carbocycles. The number of nitrogen functional groups attached to an aromatic ring is 1. The van der Waals surface area contributed by atoms with E-state index in [1.807, 2.05) is 17.9 Å². The van der Waals surface area contributed by atoms with Gasteiger partial charge in [-0.05, 0) is 31.4 Å². The number of aromatic nitrogens is 1. The normalized spacial score (nSPS) is 20.3. The quantitative estimate of drug-likeness (QED) is 0.807. The fourth-order valence-electron chi connectivity index (χ4n) is 2.11. The van der Waals surface area contributed by atoms with Crippen LogP contribution >= 0.6 is 0 Å². The van der Waals surface area contributed by atoms with Crippen molar-refractivity contribution in [2.24, 2.45) is 5.92 Å². The van der Waals surface area contributed by atoms with Gasteiger partial charge in [-0.1, -0.05) is 0 Å². The first kappa shape index (κ1) is 11.7. The monoisotopic (exact) mass is 235 g/mol. The van der Waals surface area contributed by atoms with Gasteiger partial charge in [0.05, 0.1) is 17.8 Å². The smallest absolute Gasteiger partial charge is 0.308 e. The van der Waals surface area contributed by atoms with Crippen LogP contribution < -0.4 is 10.6 Å². The van der Waals surface area contributed by atoms with Crippen LogP contribution in [-0.4, -0.2) is 29.1 Å². The van der Waals surface area contributed by atoms with E-state index in [0.717, 1.165) is 30.8 Å². The van der Waals surface area contributed by atoms with Crippen molar-refractivity contribution in [1.82, 2.24) is 4.98 Å². The number of pyridine rings is 1. The Labute approximate surface area is 100 Å². The van der Waals surface area contributed by atoms with Gasteiger partial charge in [0.25, 0.3) is 0 Å². The molecule has 1 unspecified atom stereocenters. The van der Waals surface area contributed by atoms with Crippen LogP contribution in [-0.2, 0) is 4.79 Å². The highest BCUT2D eigenvalue weighted by molar-refractivity contribution is 5.71. The highest BCUT2D eigenvalue weighted by Gasteiger charge is 2.26. The van der Waals surface area contributed by atoms with Gasteiger partial charge in [-0.15, -0.1) is 0 Å². The number of anilines is 2. The van der Waals surface area contributed by atoms with Crippen LogP contribution in [0, 0.1) is 12.8 Å². The van der Waals surface area contributed by atoms with Crippen LogP contribution in [0.3, 0.4) is 0 Å². The Balaban J connectivity index is 2.16. The number of carbonyl (C=O) groups is 1. The molecule has 1 atom stereocenters. The Morgan fingerprint density at radius 1 is 1.65 bits per heavy atom.